The third kappa shape index (κ3) is 5.61. The Bertz CT molecular complexity index is 1030. The van der Waals surface area contributed by atoms with Crippen LogP contribution in [0.4, 0.5) is 9.59 Å². The fourth-order valence-corrected chi connectivity index (χ4v) is 2.50. The minimum absolute atomic E-state index is 0.133. The standard InChI is InChI=1S/C19H17BrN4O5/c1-19(2,3)28-18(26)23-17(25)27-16-15(22-14(20)10-21-16)13-9-12(24-29-13)11-7-5-4-6-8-11/h4-10H,1-3H3,(H,23,25,26). The number of imide groups is 1. The van der Waals surface area contributed by atoms with Crippen LogP contribution in [0.2, 0.25) is 0 Å². The molecule has 150 valence electrons. The molecule has 29 heavy (non-hydrogen) atoms. The van der Waals surface area contributed by atoms with Crippen molar-refractivity contribution in [1.29, 1.82) is 0 Å². The molecule has 0 bridgehead atoms. The molecule has 0 spiro atoms. The molecule has 1 aromatic carbocycles. The van der Waals surface area contributed by atoms with Gasteiger partial charge in [-0.3, -0.25) is 0 Å². The van der Waals surface area contributed by atoms with Gasteiger partial charge < -0.3 is 14.0 Å². The van der Waals surface area contributed by atoms with E-state index in [1.54, 1.807) is 26.8 Å². The number of rotatable bonds is 3. The quantitative estimate of drug-likeness (QED) is 0.602. The lowest BCUT2D eigenvalue weighted by Gasteiger charge is -2.19. The highest BCUT2D eigenvalue weighted by Gasteiger charge is 2.22. The summed E-state index contributed by atoms with van der Waals surface area (Å²) in [5.74, 6) is 0.0720. The summed E-state index contributed by atoms with van der Waals surface area (Å²) in [6, 6.07) is 11.0. The molecule has 0 atom stereocenters. The number of hydrogen-bond donors (Lipinski definition) is 1. The lowest BCUT2D eigenvalue weighted by atomic mass is 10.1. The molecule has 0 aliphatic rings. The summed E-state index contributed by atoms with van der Waals surface area (Å²) in [5.41, 5.74) is 0.788. The molecular weight excluding hydrogens is 444 g/mol. The first-order chi connectivity index (χ1) is 13.7. The number of aromatic nitrogens is 3. The second kappa shape index (κ2) is 8.39. The van der Waals surface area contributed by atoms with Crippen LogP contribution in [0, 0.1) is 0 Å². The first-order valence-electron chi connectivity index (χ1n) is 8.48. The molecule has 3 aromatic rings. The molecule has 10 heteroatoms. The third-order valence-electron chi connectivity index (χ3n) is 3.32. The maximum atomic E-state index is 12.0. The topological polar surface area (TPSA) is 116 Å². The zero-order valence-corrected chi connectivity index (χ0v) is 17.4. The number of halogens is 1. The van der Waals surface area contributed by atoms with Crippen molar-refractivity contribution in [3.8, 4) is 28.6 Å². The van der Waals surface area contributed by atoms with E-state index in [4.69, 9.17) is 14.0 Å². The minimum Gasteiger partial charge on any atom is -0.443 e. The molecule has 0 saturated heterocycles. The largest absolute Gasteiger partial charge is 0.443 e. The van der Waals surface area contributed by atoms with Gasteiger partial charge in [0.05, 0.1) is 6.20 Å². The number of ether oxygens (including phenoxy) is 2. The van der Waals surface area contributed by atoms with Crippen LogP contribution in [-0.4, -0.2) is 32.9 Å². The van der Waals surface area contributed by atoms with Crippen molar-refractivity contribution < 1.29 is 23.6 Å². The number of nitrogens with zero attached hydrogens (tertiary/aromatic N) is 3. The number of benzene rings is 1. The molecular formula is C19H17BrN4O5. The summed E-state index contributed by atoms with van der Waals surface area (Å²) < 4.78 is 15.9. The fraction of sp³-hybridized carbons (Fsp3) is 0.211. The van der Waals surface area contributed by atoms with Crippen LogP contribution in [0.3, 0.4) is 0 Å². The van der Waals surface area contributed by atoms with Crippen molar-refractivity contribution in [1.82, 2.24) is 20.4 Å². The van der Waals surface area contributed by atoms with Gasteiger partial charge in [-0.15, -0.1) is 0 Å². The maximum absolute atomic E-state index is 12.0. The molecule has 2 amide bonds. The van der Waals surface area contributed by atoms with Gasteiger partial charge in [-0.05, 0) is 36.7 Å². The number of hydrogen-bond acceptors (Lipinski definition) is 8. The highest BCUT2D eigenvalue weighted by atomic mass is 79.9. The van der Waals surface area contributed by atoms with E-state index in [0.29, 0.717) is 10.3 Å². The maximum Gasteiger partial charge on any atom is 0.423 e. The number of carbonyl (C=O) groups is 2. The Labute approximate surface area is 174 Å². The summed E-state index contributed by atoms with van der Waals surface area (Å²) in [6.07, 6.45) is -0.672. The molecule has 3 rings (SSSR count). The van der Waals surface area contributed by atoms with E-state index >= 15 is 0 Å². The molecule has 1 N–H and O–H groups in total. The molecule has 2 heterocycles. The monoisotopic (exact) mass is 460 g/mol. The van der Waals surface area contributed by atoms with Gasteiger partial charge in [0.25, 0.3) is 5.88 Å². The predicted octanol–water partition coefficient (Wildman–Crippen LogP) is 4.58. The third-order valence-corrected chi connectivity index (χ3v) is 3.70. The van der Waals surface area contributed by atoms with Gasteiger partial charge in [0.1, 0.15) is 15.9 Å². The second-order valence-electron chi connectivity index (χ2n) is 6.81. The molecule has 0 fully saturated rings. The molecule has 0 aliphatic heterocycles. The van der Waals surface area contributed by atoms with Gasteiger partial charge in [-0.2, -0.15) is 0 Å². The van der Waals surface area contributed by atoms with Crippen molar-refractivity contribution >= 4 is 28.1 Å². The molecule has 0 unspecified atom stereocenters. The van der Waals surface area contributed by atoms with Gasteiger partial charge in [-0.1, -0.05) is 35.5 Å². The van der Waals surface area contributed by atoms with E-state index in [-0.39, 0.29) is 17.3 Å². The molecule has 0 saturated carbocycles. The lowest BCUT2D eigenvalue weighted by Crippen LogP contribution is -2.38. The zero-order valence-electron chi connectivity index (χ0n) is 15.8. The summed E-state index contributed by atoms with van der Waals surface area (Å²) >= 11 is 3.22. The number of carbonyl (C=O) groups excluding carboxylic acids is 2. The average molecular weight is 461 g/mol. The lowest BCUT2D eigenvalue weighted by molar-refractivity contribution is 0.0533. The SMILES string of the molecule is CC(C)(C)OC(=O)NC(=O)Oc1ncc(Br)nc1-c1cc(-c2ccccc2)no1. The normalized spacial score (nSPS) is 11.0. The summed E-state index contributed by atoms with van der Waals surface area (Å²) in [4.78, 5) is 32.0. The zero-order chi connectivity index (χ0) is 21.0. The van der Waals surface area contributed by atoms with Crippen LogP contribution in [0.15, 0.2) is 51.7 Å². The van der Waals surface area contributed by atoms with Crippen molar-refractivity contribution in [2.45, 2.75) is 26.4 Å². The minimum atomic E-state index is -1.07. The van der Waals surface area contributed by atoms with Crippen molar-refractivity contribution in [2.24, 2.45) is 0 Å². The van der Waals surface area contributed by atoms with E-state index in [0.717, 1.165) is 5.56 Å². The van der Waals surface area contributed by atoms with Gasteiger partial charge in [0.2, 0.25) is 0 Å². The van der Waals surface area contributed by atoms with Crippen LogP contribution in [0.25, 0.3) is 22.7 Å². The number of alkyl carbamates (subject to hydrolysis) is 1. The van der Waals surface area contributed by atoms with Crippen LogP contribution < -0.4 is 10.1 Å². The Kier molecular flexibility index (Phi) is 5.92. The van der Waals surface area contributed by atoms with Crippen molar-refractivity contribution in [3.63, 3.8) is 0 Å². The van der Waals surface area contributed by atoms with Crippen LogP contribution in [0.5, 0.6) is 5.88 Å². The summed E-state index contributed by atoms with van der Waals surface area (Å²) in [7, 11) is 0. The fourth-order valence-electron chi connectivity index (χ4n) is 2.22. The van der Waals surface area contributed by atoms with E-state index in [2.05, 4.69) is 31.1 Å². The van der Waals surface area contributed by atoms with Gasteiger partial charge in [0.15, 0.2) is 11.5 Å². The molecule has 9 nitrogen and oxygen atoms in total. The Hall–Kier alpha value is -3.27. The molecule has 0 radical (unpaired) electrons. The van der Waals surface area contributed by atoms with E-state index in [9.17, 15) is 9.59 Å². The van der Waals surface area contributed by atoms with E-state index < -0.39 is 17.8 Å². The van der Waals surface area contributed by atoms with Crippen molar-refractivity contribution in [2.75, 3.05) is 0 Å². The van der Waals surface area contributed by atoms with Crippen LogP contribution in [0.1, 0.15) is 20.8 Å². The highest BCUT2D eigenvalue weighted by Crippen LogP contribution is 2.30. The first kappa shape index (κ1) is 20.5. The van der Waals surface area contributed by atoms with Crippen molar-refractivity contribution in [3.05, 3.63) is 47.2 Å². The van der Waals surface area contributed by atoms with E-state index in [1.165, 1.54) is 6.20 Å². The average Bonchev–Trinajstić information content (AvgIpc) is 3.12. The molecule has 2 aromatic heterocycles. The number of amides is 2. The van der Waals surface area contributed by atoms with Gasteiger partial charge in [-0.25, -0.2) is 24.9 Å². The molecule has 0 aliphatic carbocycles. The predicted molar refractivity (Wildman–Crippen MR) is 106 cm³/mol. The second-order valence-corrected chi connectivity index (χ2v) is 7.62. The van der Waals surface area contributed by atoms with Gasteiger partial charge in [0, 0.05) is 11.6 Å². The Morgan fingerprint density at radius 2 is 1.86 bits per heavy atom. The van der Waals surface area contributed by atoms with Crippen LogP contribution in [-0.2, 0) is 4.74 Å². The van der Waals surface area contributed by atoms with E-state index in [1.807, 2.05) is 35.6 Å². The number of nitrogens with one attached hydrogen (secondary N) is 1. The Morgan fingerprint density at radius 3 is 2.55 bits per heavy atom. The Balaban J connectivity index is 1.81. The summed E-state index contributed by atoms with van der Waals surface area (Å²) in [5, 5.41) is 5.97. The van der Waals surface area contributed by atoms with Crippen LogP contribution >= 0.6 is 15.9 Å². The first-order valence-corrected chi connectivity index (χ1v) is 9.27. The Morgan fingerprint density at radius 1 is 1.14 bits per heavy atom. The summed E-state index contributed by atoms with van der Waals surface area (Å²) in [6.45, 7) is 5.01. The highest BCUT2D eigenvalue weighted by molar-refractivity contribution is 9.10. The van der Waals surface area contributed by atoms with Gasteiger partial charge >= 0.3 is 12.2 Å². The smallest absolute Gasteiger partial charge is 0.423 e.